The zero-order chi connectivity index (χ0) is 20.8. The molecule has 0 atom stereocenters. The van der Waals surface area contributed by atoms with Crippen molar-refractivity contribution in [2.45, 2.75) is 0 Å². The SMILES string of the molecule is O=C(O)/C(=C\c1ccc(Oc2ccccc2Br)cc1)NC(=O)c1cccc(F)c1. The van der Waals surface area contributed by atoms with Crippen LogP contribution in [0.15, 0.2) is 83.0 Å². The Morgan fingerprint density at radius 3 is 2.38 bits per heavy atom. The Bertz CT molecular complexity index is 1080. The van der Waals surface area contributed by atoms with E-state index in [1.165, 1.54) is 24.3 Å². The van der Waals surface area contributed by atoms with Crippen LogP contribution in [0.3, 0.4) is 0 Å². The van der Waals surface area contributed by atoms with Gasteiger partial charge in [-0.2, -0.15) is 0 Å². The summed E-state index contributed by atoms with van der Waals surface area (Å²) in [4.78, 5) is 23.7. The van der Waals surface area contributed by atoms with E-state index in [9.17, 15) is 19.1 Å². The number of para-hydroxylation sites is 1. The van der Waals surface area contributed by atoms with Gasteiger partial charge in [0.05, 0.1) is 4.47 Å². The summed E-state index contributed by atoms with van der Waals surface area (Å²) in [7, 11) is 0. The van der Waals surface area contributed by atoms with Crippen molar-refractivity contribution in [3.63, 3.8) is 0 Å². The number of rotatable bonds is 6. The van der Waals surface area contributed by atoms with Crippen LogP contribution in [-0.4, -0.2) is 17.0 Å². The molecule has 0 unspecified atom stereocenters. The molecule has 0 aliphatic heterocycles. The molecule has 1 amide bonds. The number of amides is 1. The van der Waals surface area contributed by atoms with Gasteiger partial charge >= 0.3 is 5.97 Å². The van der Waals surface area contributed by atoms with Crippen molar-refractivity contribution in [3.05, 3.63) is 99.9 Å². The number of carboxylic acid groups (broad SMARTS) is 1. The van der Waals surface area contributed by atoms with Crippen LogP contribution < -0.4 is 10.1 Å². The van der Waals surface area contributed by atoms with E-state index in [2.05, 4.69) is 21.2 Å². The molecule has 0 aliphatic rings. The minimum atomic E-state index is -1.32. The van der Waals surface area contributed by atoms with Gasteiger partial charge in [-0.05, 0) is 70.0 Å². The molecule has 0 saturated heterocycles. The summed E-state index contributed by atoms with van der Waals surface area (Å²) < 4.78 is 19.8. The molecule has 0 bridgehead atoms. The van der Waals surface area contributed by atoms with Crippen LogP contribution in [0.1, 0.15) is 15.9 Å². The lowest BCUT2D eigenvalue weighted by molar-refractivity contribution is -0.132. The fourth-order valence-corrected chi connectivity index (χ4v) is 2.79. The summed E-state index contributed by atoms with van der Waals surface area (Å²) in [6.45, 7) is 0. The molecule has 0 saturated carbocycles. The summed E-state index contributed by atoms with van der Waals surface area (Å²) in [5.74, 6) is -1.41. The lowest BCUT2D eigenvalue weighted by Gasteiger charge is -2.08. The first-order chi connectivity index (χ1) is 13.9. The third-order valence-electron chi connectivity index (χ3n) is 3.82. The van der Waals surface area contributed by atoms with Gasteiger partial charge in [0, 0.05) is 5.56 Å². The van der Waals surface area contributed by atoms with E-state index in [0.717, 1.165) is 10.5 Å². The smallest absolute Gasteiger partial charge is 0.352 e. The van der Waals surface area contributed by atoms with E-state index in [1.54, 1.807) is 24.3 Å². The number of carbonyl (C=O) groups excluding carboxylic acids is 1. The maximum atomic E-state index is 13.3. The van der Waals surface area contributed by atoms with Gasteiger partial charge in [0.1, 0.15) is 23.0 Å². The normalized spacial score (nSPS) is 11.0. The summed E-state index contributed by atoms with van der Waals surface area (Å²) in [5, 5.41) is 11.7. The fraction of sp³-hybridized carbons (Fsp3) is 0. The second-order valence-corrected chi connectivity index (χ2v) is 6.78. The van der Waals surface area contributed by atoms with Crippen LogP contribution in [0.5, 0.6) is 11.5 Å². The Labute approximate surface area is 174 Å². The van der Waals surface area contributed by atoms with Crippen molar-refractivity contribution in [1.82, 2.24) is 5.32 Å². The standard InChI is InChI=1S/C22H15BrFNO4/c23-18-6-1-2-7-20(18)29-17-10-8-14(9-11-17)12-19(22(27)28)25-21(26)15-4-3-5-16(24)13-15/h1-13H,(H,25,26)(H,27,28)/b19-12+. The molecule has 3 aromatic rings. The number of hydrogen-bond acceptors (Lipinski definition) is 3. The average molecular weight is 456 g/mol. The monoisotopic (exact) mass is 455 g/mol. The highest BCUT2D eigenvalue weighted by atomic mass is 79.9. The fourth-order valence-electron chi connectivity index (χ4n) is 2.43. The van der Waals surface area contributed by atoms with Crippen molar-refractivity contribution < 1.29 is 23.8 Å². The molecule has 0 radical (unpaired) electrons. The molecule has 29 heavy (non-hydrogen) atoms. The Balaban J connectivity index is 1.76. The maximum Gasteiger partial charge on any atom is 0.352 e. The average Bonchev–Trinajstić information content (AvgIpc) is 2.70. The van der Waals surface area contributed by atoms with E-state index in [4.69, 9.17) is 4.74 Å². The molecule has 0 heterocycles. The summed E-state index contributed by atoms with van der Waals surface area (Å²) >= 11 is 3.40. The Kier molecular flexibility index (Phi) is 6.41. The molecule has 0 aromatic heterocycles. The molecule has 5 nitrogen and oxygen atoms in total. The van der Waals surface area contributed by atoms with Crippen molar-refractivity contribution in [2.75, 3.05) is 0 Å². The largest absolute Gasteiger partial charge is 0.477 e. The highest BCUT2D eigenvalue weighted by Crippen LogP contribution is 2.29. The highest BCUT2D eigenvalue weighted by Gasteiger charge is 2.14. The van der Waals surface area contributed by atoms with Gasteiger partial charge in [0.15, 0.2) is 0 Å². The third kappa shape index (κ3) is 5.52. The van der Waals surface area contributed by atoms with Crippen molar-refractivity contribution in [1.29, 1.82) is 0 Å². The first-order valence-electron chi connectivity index (χ1n) is 8.47. The van der Waals surface area contributed by atoms with Crippen molar-refractivity contribution in [3.8, 4) is 11.5 Å². The van der Waals surface area contributed by atoms with Crippen LogP contribution >= 0.6 is 15.9 Å². The Morgan fingerprint density at radius 1 is 1.00 bits per heavy atom. The van der Waals surface area contributed by atoms with Crippen LogP contribution in [0.25, 0.3) is 6.08 Å². The molecular formula is C22H15BrFNO4. The third-order valence-corrected chi connectivity index (χ3v) is 4.48. The van der Waals surface area contributed by atoms with E-state index in [0.29, 0.717) is 17.1 Å². The second kappa shape index (κ2) is 9.16. The highest BCUT2D eigenvalue weighted by molar-refractivity contribution is 9.10. The zero-order valence-electron chi connectivity index (χ0n) is 14.9. The quantitative estimate of drug-likeness (QED) is 0.498. The molecule has 146 valence electrons. The lowest BCUT2D eigenvalue weighted by atomic mass is 10.1. The topological polar surface area (TPSA) is 75.6 Å². The van der Waals surface area contributed by atoms with E-state index < -0.39 is 17.7 Å². The molecule has 0 spiro atoms. The van der Waals surface area contributed by atoms with Crippen molar-refractivity contribution in [2.24, 2.45) is 0 Å². The van der Waals surface area contributed by atoms with Gasteiger partial charge in [-0.25, -0.2) is 9.18 Å². The van der Waals surface area contributed by atoms with Crippen LogP contribution in [0.2, 0.25) is 0 Å². The van der Waals surface area contributed by atoms with Gasteiger partial charge in [0.2, 0.25) is 0 Å². The lowest BCUT2D eigenvalue weighted by Crippen LogP contribution is -2.27. The van der Waals surface area contributed by atoms with Gasteiger partial charge in [0.25, 0.3) is 5.91 Å². The predicted molar refractivity (Wildman–Crippen MR) is 110 cm³/mol. The molecule has 3 aromatic carbocycles. The number of carbonyl (C=O) groups is 2. The maximum absolute atomic E-state index is 13.3. The van der Waals surface area contributed by atoms with Crippen LogP contribution in [0.4, 0.5) is 4.39 Å². The predicted octanol–water partition coefficient (Wildman–Crippen LogP) is 5.24. The molecule has 7 heteroatoms. The Morgan fingerprint density at radius 2 is 1.72 bits per heavy atom. The zero-order valence-corrected chi connectivity index (χ0v) is 16.5. The number of carboxylic acids is 1. The summed E-state index contributed by atoms with van der Waals surface area (Å²) in [5.41, 5.74) is 0.231. The van der Waals surface area contributed by atoms with Gasteiger partial charge in [-0.15, -0.1) is 0 Å². The van der Waals surface area contributed by atoms with Crippen LogP contribution in [-0.2, 0) is 4.79 Å². The number of ether oxygens (including phenoxy) is 1. The van der Waals surface area contributed by atoms with Crippen LogP contribution in [0, 0.1) is 5.82 Å². The van der Waals surface area contributed by atoms with Gasteiger partial charge < -0.3 is 15.2 Å². The molecule has 0 aliphatic carbocycles. The number of hydrogen-bond donors (Lipinski definition) is 2. The first-order valence-corrected chi connectivity index (χ1v) is 9.26. The van der Waals surface area contributed by atoms with E-state index >= 15 is 0 Å². The number of halogens is 2. The molecule has 3 rings (SSSR count). The van der Waals surface area contributed by atoms with Gasteiger partial charge in [-0.3, -0.25) is 4.79 Å². The number of aliphatic carboxylic acids is 1. The summed E-state index contributed by atoms with van der Waals surface area (Å²) in [6, 6.07) is 19.0. The van der Waals surface area contributed by atoms with E-state index in [1.807, 2.05) is 24.3 Å². The second-order valence-electron chi connectivity index (χ2n) is 5.93. The molecule has 2 N–H and O–H groups in total. The minimum absolute atomic E-state index is 0.0225. The van der Waals surface area contributed by atoms with Crippen molar-refractivity contribution >= 4 is 33.9 Å². The van der Waals surface area contributed by atoms with E-state index in [-0.39, 0.29) is 11.3 Å². The first kappa shape index (κ1) is 20.3. The summed E-state index contributed by atoms with van der Waals surface area (Å²) in [6.07, 6.45) is 1.31. The molecule has 0 fully saturated rings. The number of benzene rings is 3. The number of nitrogens with one attached hydrogen (secondary N) is 1. The molecular weight excluding hydrogens is 441 g/mol. The van der Waals surface area contributed by atoms with Gasteiger partial charge in [-0.1, -0.05) is 30.3 Å². The minimum Gasteiger partial charge on any atom is -0.477 e. The Hall–Kier alpha value is -3.45.